The molecule has 2 fully saturated rings. The fourth-order valence-electron chi connectivity index (χ4n) is 4.77. The Morgan fingerprint density at radius 3 is 2.44 bits per heavy atom. The van der Waals surface area contributed by atoms with Gasteiger partial charge in [-0.05, 0) is 69.0 Å². The number of amides is 1. The van der Waals surface area contributed by atoms with Crippen molar-refractivity contribution < 1.29 is 13.2 Å². The molecule has 0 spiro atoms. The zero-order valence-electron chi connectivity index (χ0n) is 18.7. The third-order valence-electron chi connectivity index (χ3n) is 6.55. The molecule has 2 unspecified atom stereocenters. The van der Waals surface area contributed by atoms with E-state index in [1.807, 2.05) is 25.1 Å². The van der Waals surface area contributed by atoms with E-state index in [2.05, 4.69) is 22.3 Å². The van der Waals surface area contributed by atoms with Crippen LogP contribution in [-0.4, -0.2) is 55.2 Å². The first-order valence-electron chi connectivity index (χ1n) is 11.6. The number of hydrogen-bond acceptors (Lipinski definition) is 4. The van der Waals surface area contributed by atoms with Gasteiger partial charge >= 0.3 is 0 Å². The summed E-state index contributed by atoms with van der Waals surface area (Å²) in [7, 11) is -3.52. The Balaban J connectivity index is 1.36. The molecule has 0 aromatic heterocycles. The van der Waals surface area contributed by atoms with E-state index < -0.39 is 10.0 Å². The minimum absolute atomic E-state index is 0.0156. The molecule has 0 aliphatic carbocycles. The van der Waals surface area contributed by atoms with Crippen molar-refractivity contribution >= 4 is 15.9 Å². The van der Waals surface area contributed by atoms with E-state index in [4.69, 9.17) is 0 Å². The molecule has 2 atom stereocenters. The second kappa shape index (κ2) is 10.1. The summed E-state index contributed by atoms with van der Waals surface area (Å²) < 4.78 is 27.6. The lowest BCUT2D eigenvalue weighted by atomic mass is 10.0. The summed E-state index contributed by atoms with van der Waals surface area (Å²) in [6.07, 6.45) is 4.85. The van der Waals surface area contributed by atoms with E-state index in [1.165, 1.54) is 5.56 Å². The topological polar surface area (TPSA) is 69.7 Å². The van der Waals surface area contributed by atoms with Crippen LogP contribution in [0.15, 0.2) is 59.5 Å². The summed E-state index contributed by atoms with van der Waals surface area (Å²) in [4.78, 5) is 15.4. The summed E-state index contributed by atoms with van der Waals surface area (Å²) in [5, 5.41) is 3.14. The number of hydrogen-bond donors (Lipinski definition) is 1. The van der Waals surface area contributed by atoms with Crippen LogP contribution in [0.5, 0.6) is 0 Å². The number of nitrogens with zero attached hydrogens (tertiary/aromatic N) is 2. The zero-order chi connectivity index (χ0) is 22.6. The predicted molar refractivity (Wildman–Crippen MR) is 126 cm³/mol. The van der Waals surface area contributed by atoms with E-state index in [1.54, 1.807) is 28.6 Å². The maximum atomic E-state index is 13.0. The molecule has 4 rings (SSSR count). The maximum Gasteiger partial charge on any atom is 0.251 e. The number of piperidine rings is 2. The van der Waals surface area contributed by atoms with Crippen LogP contribution in [0.1, 0.15) is 54.9 Å². The Morgan fingerprint density at radius 2 is 1.72 bits per heavy atom. The second-order valence-corrected chi connectivity index (χ2v) is 10.9. The van der Waals surface area contributed by atoms with Crippen LogP contribution in [0, 0.1) is 0 Å². The molecule has 0 bridgehead atoms. The average Bonchev–Trinajstić information content (AvgIpc) is 2.80. The Kier molecular flexibility index (Phi) is 7.28. The third kappa shape index (κ3) is 5.39. The smallest absolute Gasteiger partial charge is 0.251 e. The van der Waals surface area contributed by atoms with Gasteiger partial charge in [0.1, 0.15) is 0 Å². The molecular formula is C25H33N3O3S. The lowest BCUT2D eigenvalue weighted by molar-refractivity contribution is 0.0900. The van der Waals surface area contributed by atoms with Crippen LogP contribution in [-0.2, 0) is 16.6 Å². The predicted octanol–water partition coefficient (Wildman–Crippen LogP) is 3.64. The van der Waals surface area contributed by atoms with E-state index >= 15 is 0 Å². The number of likely N-dealkylation sites (tertiary alicyclic amines) is 1. The van der Waals surface area contributed by atoms with Gasteiger partial charge in [0.15, 0.2) is 0 Å². The summed E-state index contributed by atoms with van der Waals surface area (Å²) in [5.74, 6) is -0.146. The molecule has 0 radical (unpaired) electrons. The van der Waals surface area contributed by atoms with Crippen LogP contribution >= 0.6 is 0 Å². The first kappa shape index (κ1) is 23.0. The summed E-state index contributed by atoms with van der Waals surface area (Å²) in [6.45, 7) is 5.26. The fourth-order valence-corrected chi connectivity index (χ4v) is 6.47. The number of carbonyl (C=O) groups excluding carboxylic acids is 1. The van der Waals surface area contributed by atoms with E-state index in [9.17, 15) is 13.2 Å². The van der Waals surface area contributed by atoms with Gasteiger partial charge in [0.25, 0.3) is 5.91 Å². The summed E-state index contributed by atoms with van der Waals surface area (Å²) in [6, 6.07) is 16.9. The second-order valence-electron chi connectivity index (χ2n) is 9.02. The number of nitrogens with one attached hydrogen (secondary N) is 1. The number of carbonyl (C=O) groups is 1. The molecular weight excluding hydrogens is 422 g/mol. The Bertz CT molecular complexity index is 1010. The van der Waals surface area contributed by atoms with Gasteiger partial charge in [-0.3, -0.25) is 9.69 Å². The third-order valence-corrected chi connectivity index (χ3v) is 8.58. The standard InChI is InChI=1S/C25H33N3O3S/c1-20-8-5-6-17-28(20)32(30,31)24-14-12-22(13-15-24)25(29)26-23-11-7-16-27(19-23)18-21-9-3-2-4-10-21/h2-4,9-10,12-15,20,23H,5-8,11,16-19H2,1H3,(H,26,29). The highest BCUT2D eigenvalue weighted by molar-refractivity contribution is 7.89. The lowest BCUT2D eigenvalue weighted by Crippen LogP contribution is -2.47. The van der Waals surface area contributed by atoms with Crippen LogP contribution in [0.3, 0.4) is 0 Å². The van der Waals surface area contributed by atoms with Gasteiger partial charge in [-0.25, -0.2) is 8.42 Å². The highest BCUT2D eigenvalue weighted by Crippen LogP contribution is 2.25. The van der Waals surface area contributed by atoms with Gasteiger partial charge < -0.3 is 5.32 Å². The fraction of sp³-hybridized carbons (Fsp3) is 0.480. The number of sulfonamides is 1. The Labute approximate surface area is 191 Å². The molecule has 2 heterocycles. The Hall–Kier alpha value is -2.22. The summed E-state index contributed by atoms with van der Waals surface area (Å²) in [5.41, 5.74) is 1.77. The van der Waals surface area contributed by atoms with Gasteiger partial charge in [0.2, 0.25) is 10.0 Å². The number of benzene rings is 2. The molecule has 172 valence electrons. The van der Waals surface area contributed by atoms with Crippen molar-refractivity contribution in [3.63, 3.8) is 0 Å². The van der Waals surface area contributed by atoms with Gasteiger partial charge in [0.05, 0.1) is 4.90 Å². The molecule has 6 nitrogen and oxygen atoms in total. The van der Waals surface area contributed by atoms with Crippen LogP contribution in [0.4, 0.5) is 0 Å². The van der Waals surface area contributed by atoms with Crippen molar-refractivity contribution in [1.82, 2.24) is 14.5 Å². The van der Waals surface area contributed by atoms with Gasteiger partial charge in [0, 0.05) is 37.3 Å². The first-order chi connectivity index (χ1) is 15.4. The lowest BCUT2D eigenvalue weighted by Gasteiger charge is -2.33. The Morgan fingerprint density at radius 1 is 0.969 bits per heavy atom. The van der Waals surface area contributed by atoms with Crippen molar-refractivity contribution in [2.24, 2.45) is 0 Å². The van der Waals surface area contributed by atoms with Crippen LogP contribution in [0.25, 0.3) is 0 Å². The van der Waals surface area contributed by atoms with Crippen molar-refractivity contribution in [3.8, 4) is 0 Å². The van der Waals surface area contributed by atoms with Crippen molar-refractivity contribution in [3.05, 3.63) is 65.7 Å². The van der Waals surface area contributed by atoms with Gasteiger partial charge in [-0.1, -0.05) is 36.8 Å². The van der Waals surface area contributed by atoms with Gasteiger partial charge in [-0.2, -0.15) is 4.31 Å². The number of rotatable bonds is 6. The zero-order valence-corrected chi connectivity index (χ0v) is 19.6. The molecule has 1 amide bonds. The molecule has 32 heavy (non-hydrogen) atoms. The van der Waals surface area contributed by atoms with Crippen molar-refractivity contribution in [2.45, 2.75) is 62.6 Å². The molecule has 2 aromatic carbocycles. The highest BCUT2D eigenvalue weighted by Gasteiger charge is 2.31. The van der Waals surface area contributed by atoms with Crippen LogP contribution < -0.4 is 5.32 Å². The minimum atomic E-state index is -3.52. The average molecular weight is 456 g/mol. The molecule has 2 aromatic rings. The summed E-state index contributed by atoms with van der Waals surface area (Å²) >= 11 is 0. The molecule has 1 N–H and O–H groups in total. The molecule has 2 aliphatic heterocycles. The van der Waals surface area contributed by atoms with Gasteiger partial charge in [-0.15, -0.1) is 0 Å². The molecule has 2 saturated heterocycles. The first-order valence-corrected chi connectivity index (χ1v) is 13.1. The monoisotopic (exact) mass is 455 g/mol. The van der Waals surface area contributed by atoms with E-state index in [0.717, 1.165) is 51.7 Å². The largest absolute Gasteiger partial charge is 0.348 e. The van der Waals surface area contributed by atoms with Crippen molar-refractivity contribution in [1.29, 1.82) is 0 Å². The molecule has 0 saturated carbocycles. The SMILES string of the molecule is CC1CCCCN1S(=O)(=O)c1ccc(C(=O)NC2CCCN(Cc3ccccc3)C2)cc1. The van der Waals surface area contributed by atoms with Crippen LogP contribution in [0.2, 0.25) is 0 Å². The normalized spacial score (nSPS) is 23.0. The van der Waals surface area contributed by atoms with E-state index in [-0.39, 0.29) is 22.9 Å². The maximum absolute atomic E-state index is 13.0. The quantitative estimate of drug-likeness (QED) is 0.722. The van der Waals surface area contributed by atoms with Crippen molar-refractivity contribution in [2.75, 3.05) is 19.6 Å². The molecule has 2 aliphatic rings. The molecule has 7 heteroatoms. The highest BCUT2D eigenvalue weighted by atomic mass is 32.2. The van der Waals surface area contributed by atoms with E-state index in [0.29, 0.717) is 12.1 Å². The minimum Gasteiger partial charge on any atom is -0.348 e.